The first-order valence-corrected chi connectivity index (χ1v) is 13.8. The molecule has 0 spiro atoms. The number of hydrogen-bond acceptors (Lipinski definition) is 5. The third-order valence-electron chi connectivity index (χ3n) is 4.80. The number of sulfone groups is 1. The van der Waals surface area contributed by atoms with Crippen molar-refractivity contribution in [2.24, 2.45) is 4.99 Å². The Labute approximate surface area is 185 Å². The second kappa shape index (κ2) is 10.4. The Balaban J connectivity index is 1.77. The SMILES string of the molecule is CCc1ccc2c(c1)sc(=NC(=O)CCCS(=O)(=O)c1ccccc1)n2CCSC. The summed E-state index contributed by atoms with van der Waals surface area (Å²) in [5.41, 5.74) is 2.34. The number of amides is 1. The molecular formula is C22H26N2O3S3. The van der Waals surface area contributed by atoms with Crippen LogP contribution in [0.4, 0.5) is 0 Å². The first kappa shape index (κ1) is 22.8. The smallest absolute Gasteiger partial charge is 0.248 e. The summed E-state index contributed by atoms with van der Waals surface area (Å²) in [5.74, 6) is 0.591. The van der Waals surface area contributed by atoms with Crippen molar-refractivity contribution >= 4 is 49.1 Å². The van der Waals surface area contributed by atoms with E-state index < -0.39 is 9.84 Å². The average molecular weight is 463 g/mol. The van der Waals surface area contributed by atoms with E-state index in [9.17, 15) is 13.2 Å². The molecule has 3 rings (SSSR count). The van der Waals surface area contributed by atoms with Gasteiger partial charge in [0.05, 0.1) is 20.9 Å². The zero-order valence-electron chi connectivity index (χ0n) is 17.2. The van der Waals surface area contributed by atoms with Crippen LogP contribution in [0.1, 0.15) is 25.3 Å². The molecule has 1 aromatic heterocycles. The van der Waals surface area contributed by atoms with Gasteiger partial charge in [-0.05, 0) is 48.9 Å². The van der Waals surface area contributed by atoms with Crippen molar-refractivity contribution in [2.45, 2.75) is 37.6 Å². The predicted octanol–water partition coefficient (Wildman–Crippen LogP) is 4.31. The number of carbonyl (C=O) groups excluding carboxylic acids is 1. The minimum absolute atomic E-state index is 0.0585. The van der Waals surface area contributed by atoms with Crippen molar-refractivity contribution in [2.75, 3.05) is 17.8 Å². The van der Waals surface area contributed by atoms with E-state index in [4.69, 9.17) is 0 Å². The van der Waals surface area contributed by atoms with Gasteiger partial charge in [-0.1, -0.05) is 42.5 Å². The van der Waals surface area contributed by atoms with Crippen LogP contribution in [0.25, 0.3) is 10.2 Å². The van der Waals surface area contributed by atoms with Crippen molar-refractivity contribution in [1.82, 2.24) is 4.57 Å². The number of carbonyl (C=O) groups is 1. The van der Waals surface area contributed by atoms with Crippen LogP contribution in [-0.4, -0.2) is 36.7 Å². The first-order chi connectivity index (χ1) is 14.4. The third kappa shape index (κ3) is 5.62. The van der Waals surface area contributed by atoms with Gasteiger partial charge in [0, 0.05) is 18.7 Å². The van der Waals surface area contributed by atoms with Crippen molar-refractivity contribution in [3.05, 3.63) is 58.9 Å². The summed E-state index contributed by atoms with van der Waals surface area (Å²) in [7, 11) is -3.38. The molecule has 5 nitrogen and oxygen atoms in total. The monoisotopic (exact) mass is 462 g/mol. The highest BCUT2D eigenvalue weighted by atomic mass is 32.2. The molecule has 0 aliphatic carbocycles. The number of aromatic nitrogens is 1. The molecule has 0 saturated heterocycles. The lowest BCUT2D eigenvalue weighted by atomic mass is 10.2. The standard InChI is InChI=1S/C22H26N2O3S3/c1-3-17-11-12-19-20(16-17)29-22(24(19)13-14-28-2)23-21(25)10-7-15-30(26,27)18-8-5-4-6-9-18/h4-6,8-9,11-12,16H,3,7,10,13-15H2,1-2H3. The molecule has 0 N–H and O–H groups in total. The van der Waals surface area contributed by atoms with E-state index in [2.05, 4.69) is 40.9 Å². The fraction of sp³-hybridized carbons (Fsp3) is 0.364. The van der Waals surface area contributed by atoms with Gasteiger partial charge in [-0.15, -0.1) is 0 Å². The highest BCUT2D eigenvalue weighted by Crippen LogP contribution is 2.20. The molecule has 8 heteroatoms. The molecule has 0 fully saturated rings. The average Bonchev–Trinajstić information content (AvgIpc) is 3.08. The van der Waals surface area contributed by atoms with Crippen LogP contribution in [0.2, 0.25) is 0 Å². The molecule has 1 amide bonds. The van der Waals surface area contributed by atoms with E-state index in [-0.39, 0.29) is 24.5 Å². The molecule has 3 aromatic rings. The van der Waals surface area contributed by atoms with Gasteiger partial charge < -0.3 is 4.57 Å². The third-order valence-corrected chi connectivity index (χ3v) is 8.25. The molecule has 0 radical (unpaired) electrons. The van der Waals surface area contributed by atoms with Crippen molar-refractivity contribution in [1.29, 1.82) is 0 Å². The Hall–Kier alpha value is -1.90. The largest absolute Gasteiger partial charge is 0.316 e. The maximum atomic E-state index is 12.5. The first-order valence-electron chi connectivity index (χ1n) is 9.91. The fourth-order valence-electron chi connectivity index (χ4n) is 3.14. The Morgan fingerprint density at radius 1 is 1.17 bits per heavy atom. The number of thiazole rings is 1. The van der Waals surface area contributed by atoms with Gasteiger partial charge in [-0.2, -0.15) is 16.8 Å². The van der Waals surface area contributed by atoms with Gasteiger partial charge >= 0.3 is 0 Å². The van der Waals surface area contributed by atoms with Crippen LogP contribution in [0.15, 0.2) is 58.4 Å². The number of hydrogen-bond donors (Lipinski definition) is 0. The Bertz CT molecular complexity index is 1180. The summed E-state index contributed by atoms with van der Waals surface area (Å²) < 4.78 is 28.0. The summed E-state index contributed by atoms with van der Waals surface area (Å²) in [6.07, 6.45) is 3.39. The highest BCUT2D eigenvalue weighted by molar-refractivity contribution is 7.98. The summed E-state index contributed by atoms with van der Waals surface area (Å²) >= 11 is 3.26. The molecular weight excluding hydrogens is 436 g/mol. The van der Waals surface area contributed by atoms with Crippen LogP contribution < -0.4 is 4.80 Å². The van der Waals surface area contributed by atoms with Gasteiger partial charge in [-0.3, -0.25) is 4.79 Å². The lowest BCUT2D eigenvalue weighted by Gasteiger charge is -2.05. The van der Waals surface area contributed by atoms with Crippen LogP contribution in [0, 0.1) is 0 Å². The van der Waals surface area contributed by atoms with E-state index in [1.165, 1.54) is 16.9 Å². The van der Waals surface area contributed by atoms with Crippen molar-refractivity contribution in [3.63, 3.8) is 0 Å². The van der Waals surface area contributed by atoms with Crippen LogP contribution in [-0.2, 0) is 27.6 Å². The minimum Gasteiger partial charge on any atom is -0.316 e. The van der Waals surface area contributed by atoms with Crippen molar-refractivity contribution < 1.29 is 13.2 Å². The second-order valence-electron chi connectivity index (χ2n) is 6.93. The normalized spacial score (nSPS) is 12.5. The number of rotatable bonds is 9. The maximum Gasteiger partial charge on any atom is 0.248 e. The number of aryl methyl sites for hydroxylation is 2. The fourth-order valence-corrected chi connectivity index (χ4v) is 5.98. The second-order valence-corrected chi connectivity index (χ2v) is 11.0. The Morgan fingerprint density at radius 3 is 2.63 bits per heavy atom. The van der Waals surface area contributed by atoms with Crippen LogP contribution >= 0.6 is 23.1 Å². The summed E-state index contributed by atoms with van der Waals surface area (Å²) in [5, 5.41) is 0. The Morgan fingerprint density at radius 2 is 1.93 bits per heavy atom. The molecule has 160 valence electrons. The van der Waals surface area contributed by atoms with E-state index in [1.54, 1.807) is 42.1 Å². The van der Waals surface area contributed by atoms with Crippen LogP contribution in [0.5, 0.6) is 0 Å². The maximum absolute atomic E-state index is 12.5. The van der Waals surface area contributed by atoms with Gasteiger partial charge in [0.15, 0.2) is 14.6 Å². The number of benzene rings is 2. The molecule has 0 aliphatic heterocycles. The minimum atomic E-state index is -3.38. The molecule has 0 saturated carbocycles. The quantitative estimate of drug-likeness (QED) is 0.475. The lowest BCUT2D eigenvalue weighted by Crippen LogP contribution is -2.18. The van der Waals surface area contributed by atoms with E-state index in [0.717, 1.165) is 28.9 Å². The lowest BCUT2D eigenvalue weighted by molar-refractivity contribution is -0.118. The molecule has 0 atom stereocenters. The van der Waals surface area contributed by atoms with E-state index in [1.807, 2.05) is 0 Å². The molecule has 1 heterocycles. The van der Waals surface area contributed by atoms with Gasteiger partial charge in [0.1, 0.15) is 0 Å². The van der Waals surface area contributed by atoms with Gasteiger partial charge in [-0.25, -0.2) is 8.42 Å². The number of nitrogens with zero attached hydrogens (tertiary/aromatic N) is 2. The highest BCUT2D eigenvalue weighted by Gasteiger charge is 2.15. The van der Waals surface area contributed by atoms with Crippen molar-refractivity contribution in [3.8, 4) is 0 Å². The van der Waals surface area contributed by atoms with Crippen LogP contribution in [0.3, 0.4) is 0 Å². The number of thioether (sulfide) groups is 1. The van der Waals surface area contributed by atoms with E-state index in [0.29, 0.717) is 9.70 Å². The zero-order valence-corrected chi connectivity index (χ0v) is 19.7. The number of fused-ring (bicyclic) bond motifs is 1. The molecule has 30 heavy (non-hydrogen) atoms. The molecule has 0 bridgehead atoms. The molecule has 0 aliphatic rings. The summed E-state index contributed by atoms with van der Waals surface area (Å²) in [6, 6.07) is 14.7. The molecule has 0 unspecified atom stereocenters. The van der Waals surface area contributed by atoms with E-state index >= 15 is 0 Å². The summed E-state index contributed by atoms with van der Waals surface area (Å²) in [4.78, 5) is 17.8. The summed E-state index contributed by atoms with van der Waals surface area (Å²) in [6.45, 7) is 2.90. The van der Waals surface area contributed by atoms with Gasteiger partial charge in [0.25, 0.3) is 0 Å². The van der Waals surface area contributed by atoms with Gasteiger partial charge in [0.2, 0.25) is 5.91 Å². The topological polar surface area (TPSA) is 68.5 Å². The zero-order chi connectivity index (χ0) is 21.6. The molecule has 2 aromatic carbocycles. The Kier molecular flexibility index (Phi) is 7.91. The predicted molar refractivity (Wildman–Crippen MR) is 126 cm³/mol.